The largest absolute Gasteiger partial charge is 0.744 e. The molecule has 0 aliphatic rings. The van der Waals surface area contributed by atoms with Gasteiger partial charge in [0.15, 0.2) is 11.5 Å². The lowest BCUT2D eigenvalue weighted by Crippen LogP contribution is -2.32. The van der Waals surface area contributed by atoms with Crippen LogP contribution in [0.1, 0.15) is 16.8 Å². The molecule has 0 spiro atoms. The average molecular weight is 464 g/mol. The molecular formula is C26H25NO5S. The van der Waals surface area contributed by atoms with Gasteiger partial charge in [0.05, 0.1) is 12.0 Å². The SMILES string of the molecule is COc1cc(C=Cc2ccc3ccccc3[n+]2C)ccc1O.Cc1ccc(S(=O)(=O)[O-])cc1. The van der Waals surface area contributed by atoms with Gasteiger partial charge in [-0.05, 0) is 55.0 Å². The fourth-order valence-electron chi connectivity index (χ4n) is 3.21. The Morgan fingerprint density at radius 2 is 1.64 bits per heavy atom. The molecule has 0 bridgehead atoms. The first-order valence-corrected chi connectivity index (χ1v) is 11.6. The van der Waals surface area contributed by atoms with E-state index in [1.807, 2.05) is 37.3 Å². The lowest BCUT2D eigenvalue weighted by atomic mass is 10.1. The van der Waals surface area contributed by atoms with Crippen LogP contribution in [0.15, 0.2) is 83.8 Å². The number of benzene rings is 3. The van der Waals surface area contributed by atoms with Gasteiger partial charge in [0.2, 0.25) is 11.2 Å². The predicted octanol–water partition coefficient (Wildman–Crippen LogP) is 4.45. The van der Waals surface area contributed by atoms with Gasteiger partial charge in [-0.2, -0.15) is 4.57 Å². The highest BCUT2D eigenvalue weighted by Crippen LogP contribution is 2.27. The highest BCUT2D eigenvalue weighted by Gasteiger charge is 2.08. The molecular weight excluding hydrogens is 438 g/mol. The van der Waals surface area contributed by atoms with E-state index in [9.17, 15) is 18.1 Å². The zero-order chi connectivity index (χ0) is 24.0. The van der Waals surface area contributed by atoms with Crippen molar-refractivity contribution < 1.29 is 27.4 Å². The molecule has 0 atom stereocenters. The molecule has 0 radical (unpaired) electrons. The van der Waals surface area contributed by atoms with Crippen LogP contribution >= 0.6 is 0 Å². The van der Waals surface area contributed by atoms with Gasteiger partial charge < -0.3 is 14.4 Å². The lowest BCUT2D eigenvalue weighted by Gasteiger charge is -2.05. The predicted molar refractivity (Wildman–Crippen MR) is 128 cm³/mol. The number of pyridine rings is 1. The maximum absolute atomic E-state index is 10.4. The van der Waals surface area contributed by atoms with E-state index in [0.29, 0.717) is 5.75 Å². The summed E-state index contributed by atoms with van der Waals surface area (Å²) in [4.78, 5) is -0.178. The number of phenols is 1. The van der Waals surface area contributed by atoms with Crippen LogP contribution in [0.3, 0.4) is 0 Å². The van der Waals surface area contributed by atoms with Crippen molar-refractivity contribution in [1.82, 2.24) is 0 Å². The molecule has 0 unspecified atom stereocenters. The number of aromatic nitrogens is 1. The van der Waals surface area contributed by atoms with Crippen LogP contribution in [0.25, 0.3) is 23.1 Å². The molecule has 7 heteroatoms. The second-order valence-corrected chi connectivity index (χ2v) is 8.79. The summed E-state index contributed by atoms with van der Waals surface area (Å²) in [6, 6.07) is 23.6. The minimum absolute atomic E-state index is 0.149. The molecule has 1 N–H and O–H groups in total. The molecule has 0 aliphatic heterocycles. The molecule has 0 amide bonds. The number of aryl methyl sites for hydroxylation is 2. The number of aromatic hydroxyl groups is 1. The number of hydrogen-bond acceptors (Lipinski definition) is 5. The van der Waals surface area contributed by atoms with E-state index in [0.717, 1.165) is 16.8 Å². The van der Waals surface area contributed by atoms with Crippen LogP contribution in [-0.2, 0) is 17.2 Å². The molecule has 1 heterocycles. The molecule has 0 saturated carbocycles. The Balaban J connectivity index is 0.000000235. The highest BCUT2D eigenvalue weighted by atomic mass is 32.2. The van der Waals surface area contributed by atoms with Gasteiger partial charge in [-0.25, -0.2) is 8.42 Å². The Bertz CT molecular complexity index is 1390. The van der Waals surface area contributed by atoms with Crippen molar-refractivity contribution >= 4 is 33.2 Å². The van der Waals surface area contributed by atoms with Crippen LogP contribution in [-0.4, -0.2) is 25.2 Å². The summed E-state index contributed by atoms with van der Waals surface area (Å²) >= 11 is 0. The Hall–Kier alpha value is -3.68. The summed E-state index contributed by atoms with van der Waals surface area (Å²) in [6.07, 6.45) is 4.06. The highest BCUT2D eigenvalue weighted by molar-refractivity contribution is 7.85. The zero-order valence-electron chi connectivity index (χ0n) is 18.6. The topological polar surface area (TPSA) is 90.5 Å². The molecule has 4 rings (SSSR count). The fraction of sp³-hybridized carbons (Fsp3) is 0.115. The minimum Gasteiger partial charge on any atom is -0.744 e. The van der Waals surface area contributed by atoms with Gasteiger partial charge in [0.25, 0.3) is 0 Å². The third-order valence-electron chi connectivity index (χ3n) is 5.08. The van der Waals surface area contributed by atoms with Gasteiger partial charge in [-0.1, -0.05) is 35.9 Å². The van der Waals surface area contributed by atoms with E-state index in [1.165, 1.54) is 23.0 Å². The van der Waals surface area contributed by atoms with E-state index >= 15 is 0 Å². The molecule has 0 fully saturated rings. The second-order valence-electron chi connectivity index (χ2n) is 7.41. The van der Waals surface area contributed by atoms with E-state index in [1.54, 1.807) is 25.3 Å². The van der Waals surface area contributed by atoms with Gasteiger partial charge in [-0.15, -0.1) is 0 Å². The molecule has 1 aromatic heterocycles. The summed E-state index contributed by atoms with van der Waals surface area (Å²) in [5.41, 5.74) is 4.19. The van der Waals surface area contributed by atoms with Crippen molar-refractivity contribution in [2.75, 3.05) is 7.11 Å². The summed E-state index contributed by atoms with van der Waals surface area (Å²) in [5, 5.41) is 10.8. The van der Waals surface area contributed by atoms with Gasteiger partial charge >= 0.3 is 0 Å². The van der Waals surface area contributed by atoms with E-state index in [2.05, 4.69) is 42.0 Å². The van der Waals surface area contributed by atoms with Crippen molar-refractivity contribution in [2.24, 2.45) is 7.05 Å². The number of phenolic OH excluding ortho intramolecular Hbond substituents is 1. The molecule has 33 heavy (non-hydrogen) atoms. The van der Waals surface area contributed by atoms with Crippen molar-refractivity contribution in [3.8, 4) is 11.5 Å². The number of fused-ring (bicyclic) bond motifs is 1. The first kappa shape index (κ1) is 24.0. The van der Waals surface area contributed by atoms with E-state index < -0.39 is 10.1 Å². The maximum Gasteiger partial charge on any atom is 0.212 e. The summed E-state index contributed by atoms with van der Waals surface area (Å²) in [5.74, 6) is 0.626. The number of methoxy groups -OCH3 is 1. The average Bonchev–Trinajstić information content (AvgIpc) is 2.80. The number of ether oxygens (including phenoxy) is 1. The van der Waals surface area contributed by atoms with Gasteiger partial charge in [-0.3, -0.25) is 0 Å². The summed E-state index contributed by atoms with van der Waals surface area (Å²) in [7, 11) is -0.667. The van der Waals surface area contributed by atoms with Crippen molar-refractivity contribution in [3.05, 3.63) is 95.7 Å². The third kappa shape index (κ3) is 6.19. The summed E-state index contributed by atoms with van der Waals surface area (Å²) in [6.45, 7) is 1.82. The number of rotatable bonds is 4. The smallest absolute Gasteiger partial charge is 0.212 e. The van der Waals surface area contributed by atoms with Crippen LogP contribution in [0, 0.1) is 6.92 Å². The van der Waals surface area contributed by atoms with Crippen molar-refractivity contribution in [1.29, 1.82) is 0 Å². The molecule has 0 aliphatic carbocycles. The van der Waals surface area contributed by atoms with Gasteiger partial charge in [0, 0.05) is 23.6 Å². The Morgan fingerprint density at radius 1 is 0.939 bits per heavy atom. The molecule has 6 nitrogen and oxygen atoms in total. The first-order valence-electron chi connectivity index (χ1n) is 10.1. The van der Waals surface area contributed by atoms with Crippen LogP contribution in [0.5, 0.6) is 11.5 Å². The first-order chi connectivity index (χ1) is 15.7. The molecule has 3 aromatic carbocycles. The lowest BCUT2D eigenvalue weighted by molar-refractivity contribution is -0.646. The zero-order valence-corrected chi connectivity index (χ0v) is 19.4. The fourth-order valence-corrected chi connectivity index (χ4v) is 3.68. The number of nitrogens with zero attached hydrogens (tertiary/aromatic N) is 1. The van der Waals surface area contributed by atoms with Crippen LogP contribution in [0.4, 0.5) is 0 Å². The van der Waals surface area contributed by atoms with Crippen LogP contribution < -0.4 is 9.30 Å². The Morgan fingerprint density at radius 3 is 2.30 bits per heavy atom. The summed E-state index contributed by atoms with van der Waals surface area (Å²) < 4.78 is 38.5. The minimum atomic E-state index is -4.27. The quantitative estimate of drug-likeness (QED) is 0.357. The third-order valence-corrected chi connectivity index (χ3v) is 5.93. The molecule has 4 aromatic rings. The van der Waals surface area contributed by atoms with E-state index in [-0.39, 0.29) is 10.6 Å². The van der Waals surface area contributed by atoms with Crippen molar-refractivity contribution in [2.45, 2.75) is 11.8 Å². The van der Waals surface area contributed by atoms with E-state index in [4.69, 9.17) is 4.74 Å². The van der Waals surface area contributed by atoms with Crippen molar-refractivity contribution in [3.63, 3.8) is 0 Å². The van der Waals surface area contributed by atoms with Crippen LogP contribution in [0.2, 0.25) is 0 Å². The second kappa shape index (κ2) is 10.3. The maximum atomic E-state index is 10.4. The Kier molecular flexibility index (Phi) is 7.48. The normalized spacial score (nSPS) is 11.3. The molecule has 0 saturated heterocycles. The number of hydrogen-bond donors (Lipinski definition) is 1. The standard InChI is InChI=1S/C19H17NO2.C7H8O3S/c1-20-16(11-9-15-5-3-4-6-17(15)20)10-7-14-8-12-18(21)19(13-14)22-2;1-6-2-4-7(5-3-6)11(8,9)10/h3-13H,1-2H3;2-5H,1H3,(H,8,9,10). The Labute approximate surface area is 193 Å². The van der Waals surface area contributed by atoms with Gasteiger partial charge in [0.1, 0.15) is 17.2 Å². The molecule has 170 valence electrons. The number of para-hydroxylation sites is 1. The monoisotopic (exact) mass is 463 g/mol.